The van der Waals surface area contributed by atoms with E-state index in [0.717, 1.165) is 41.9 Å². The summed E-state index contributed by atoms with van der Waals surface area (Å²) in [5.41, 5.74) is 6.51. The smallest absolute Gasteiger partial charge is 0.490 e. The molecule has 2 fully saturated rings. The van der Waals surface area contributed by atoms with E-state index >= 15 is 0 Å². The fourth-order valence-corrected chi connectivity index (χ4v) is 5.25. The van der Waals surface area contributed by atoms with E-state index in [4.69, 9.17) is 44.1 Å². The minimum absolute atomic E-state index is 0.105. The normalized spacial score (nSPS) is 15.9. The van der Waals surface area contributed by atoms with Crippen molar-refractivity contribution in [2.24, 2.45) is 11.1 Å². The molecule has 0 heterocycles. The molecule has 18 heteroatoms. The maximum Gasteiger partial charge on any atom is 0.490 e. The molecule has 2 saturated carbocycles. The van der Waals surface area contributed by atoms with Crippen molar-refractivity contribution in [3.63, 3.8) is 0 Å². The number of aliphatic carboxylic acids is 1. The maximum absolute atomic E-state index is 12.3. The second-order valence-corrected chi connectivity index (χ2v) is 14.3. The molecule has 338 valence electrons. The molecule has 0 aromatic heterocycles. The van der Waals surface area contributed by atoms with Gasteiger partial charge in [0, 0.05) is 40.0 Å². The molecule has 60 heavy (non-hydrogen) atoms. The second-order valence-electron chi connectivity index (χ2n) is 14.3. The third-order valence-corrected chi connectivity index (χ3v) is 9.79. The van der Waals surface area contributed by atoms with Crippen LogP contribution in [0.25, 0.3) is 0 Å². The lowest BCUT2D eigenvalue weighted by Gasteiger charge is -2.26. The lowest BCUT2D eigenvalue weighted by Crippen LogP contribution is -2.41. The van der Waals surface area contributed by atoms with Crippen molar-refractivity contribution >= 4 is 30.1 Å². The first-order chi connectivity index (χ1) is 28.0. The molecule has 0 radical (unpaired) electrons. The summed E-state index contributed by atoms with van der Waals surface area (Å²) in [5.74, 6) is -2.00. The second kappa shape index (κ2) is 24.1. The number of halogens is 3. The largest absolute Gasteiger partial charge is 0.496 e. The minimum atomic E-state index is -5.08. The summed E-state index contributed by atoms with van der Waals surface area (Å²) in [4.78, 5) is 60.3. The number of alkyl halides is 3. The lowest BCUT2D eigenvalue weighted by atomic mass is 10.1. The number of para-hydroxylation sites is 2. The van der Waals surface area contributed by atoms with Gasteiger partial charge in [-0.25, -0.2) is 19.2 Å². The van der Waals surface area contributed by atoms with Crippen LogP contribution in [-0.2, 0) is 46.2 Å². The number of amides is 2. The maximum atomic E-state index is 12.3. The van der Waals surface area contributed by atoms with E-state index in [-0.39, 0.29) is 23.5 Å². The van der Waals surface area contributed by atoms with Gasteiger partial charge < -0.3 is 49.1 Å². The van der Waals surface area contributed by atoms with Crippen molar-refractivity contribution in [1.29, 1.82) is 0 Å². The molecule has 0 spiro atoms. The topological polar surface area (TPSA) is 193 Å². The van der Waals surface area contributed by atoms with Crippen LogP contribution in [0.5, 0.6) is 11.5 Å². The molecule has 3 N–H and O–H groups in total. The molecule has 0 bridgehead atoms. The van der Waals surface area contributed by atoms with Gasteiger partial charge in [0.1, 0.15) is 17.0 Å². The molecule has 15 nitrogen and oxygen atoms in total. The summed E-state index contributed by atoms with van der Waals surface area (Å²) in [6.07, 6.45) is -3.18. The van der Waals surface area contributed by atoms with E-state index in [1.54, 1.807) is 35.2 Å². The number of nitrogens with two attached hydrogens (primary N) is 1. The van der Waals surface area contributed by atoms with Gasteiger partial charge in [-0.05, 0) is 82.1 Å². The van der Waals surface area contributed by atoms with Crippen LogP contribution in [0.3, 0.4) is 0 Å². The molecule has 0 saturated heterocycles. The van der Waals surface area contributed by atoms with E-state index < -0.39 is 48.4 Å². The number of hydrogen-bond acceptors (Lipinski definition) is 12. The predicted octanol–water partition coefficient (Wildman–Crippen LogP) is 7.51. The molecule has 4 unspecified atom stereocenters. The number of benzene rings is 2. The average Bonchev–Trinajstić information content (AvgIpc) is 4.15. The van der Waals surface area contributed by atoms with Gasteiger partial charge >= 0.3 is 36.3 Å². The van der Waals surface area contributed by atoms with Crippen molar-refractivity contribution < 1.29 is 70.7 Å². The number of nitrogens with zero attached hydrogens (tertiary/aromatic N) is 2. The zero-order valence-electron chi connectivity index (χ0n) is 36.4. The zero-order chi connectivity index (χ0) is 46.0. The molecule has 2 aromatic rings. The summed E-state index contributed by atoms with van der Waals surface area (Å²) < 4.78 is 63.2. The van der Waals surface area contributed by atoms with E-state index in [9.17, 15) is 32.3 Å². The van der Waals surface area contributed by atoms with Crippen LogP contribution in [0.1, 0.15) is 91.7 Å². The first-order valence-electron chi connectivity index (χ1n) is 19.7. The minimum Gasteiger partial charge on any atom is -0.496 e. The number of hydrogen-bond donors (Lipinski definition) is 2. The Labute approximate surface area is 350 Å². The first-order valence-corrected chi connectivity index (χ1v) is 19.7. The van der Waals surface area contributed by atoms with Gasteiger partial charge in [0.15, 0.2) is 0 Å². The van der Waals surface area contributed by atoms with Crippen LogP contribution in [0, 0.1) is 5.41 Å². The van der Waals surface area contributed by atoms with E-state index in [2.05, 4.69) is 0 Å². The number of carboxylic acids is 1. The Morgan fingerprint density at radius 1 is 0.700 bits per heavy atom. The van der Waals surface area contributed by atoms with Crippen LogP contribution in [0.4, 0.5) is 22.8 Å². The summed E-state index contributed by atoms with van der Waals surface area (Å²) in [6, 6.07) is 15.1. The van der Waals surface area contributed by atoms with Gasteiger partial charge in [-0.3, -0.25) is 4.79 Å². The summed E-state index contributed by atoms with van der Waals surface area (Å²) in [5, 5.41) is 7.12. The summed E-state index contributed by atoms with van der Waals surface area (Å²) in [6.45, 7) is 12.9. The van der Waals surface area contributed by atoms with Crippen molar-refractivity contribution in [3.8, 4) is 11.5 Å². The number of ether oxygens (including phenoxy) is 6. The molecule has 2 aliphatic carbocycles. The molecule has 4 rings (SSSR count). The van der Waals surface area contributed by atoms with Gasteiger partial charge in [0.05, 0.1) is 19.6 Å². The third kappa shape index (κ3) is 16.8. The fraction of sp³-hybridized carbons (Fsp3) is 0.595. The summed E-state index contributed by atoms with van der Waals surface area (Å²) in [7, 11) is 6.55. The Kier molecular flexibility index (Phi) is 21.2. The van der Waals surface area contributed by atoms with Crippen molar-refractivity contribution in [2.75, 3.05) is 28.3 Å². The molecular weight excluding hydrogens is 795 g/mol. The van der Waals surface area contributed by atoms with E-state index in [1.807, 2.05) is 83.1 Å². The average molecular weight is 858 g/mol. The van der Waals surface area contributed by atoms with Crippen molar-refractivity contribution in [1.82, 2.24) is 9.80 Å². The van der Waals surface area contributed by atoms with E-state index in [0.29, 0.717) is 25.7 Å². The quantitative estimate of drug-likeness (QED) is 0.132. The van der Waals surface area contributed by atoms with Crippen molar-refractivity contribution in [2.45, 2.75) is 130 Å². The zero-order valence-corrected chi connectivity index (χ0v) is 36.4. The highest BCUT2D eigenvalue weighted by atomic mass is 19.4. The monoisotopic (exact) mass is 857 g/mol. The molecule has 2 aromatic carbocycles. The van der Waals surface area contributed by atoms with Crippen LogP contribution < -0.4 is 15.2 Å². The Morgan fingerprint density at radius 3 is 1.35 bits per heavy atom. The predicted molar refractivity (Wildman–Crippen MR) is 215 cm³/mol. The fourth-order valence-electron chi connectivity index (χ4n) is 5.25. The molecule has 2 amide bonds. The first kappa shape index (κ1) is 52.8. The molecule has 4 atom stereocenters. The van der Waals surface area contributed by atoms with Gasteiger partial charge in [0.25, 0.3) is 0 Å². The van der Waals surface area contributed by atoms with Gasteiger partial charge in [0.2, 0.25) is 12.6 Å². The van der Waals surface area contributed by atoms with E-state index in [1.165, 1.54) is 16.7 Å². The van der Waals surface area contributed by atoms with Crippen LogP contribution in [0.2, 0.25) is 0 Å². The van der Waals surface area contributed by atoms with Gasteiger partial charge in [-0.15, -0.1) is 0 Å². The Hall–Kier alpha value is -5.26. The lowest BCUT2D eigenvalue weighted by molar-refractivity contribution is -0.192. The SMILES string of the molecule is CC.CCC1(C(=O)OC(C)OC(=O)N(C)C(C)Cc2ccccc2OC)CC1.COc1ccccc1CC(C)N(C)C(=O)OC(C)OC(=O)C1(N)CC1.O=C(O)C(F)(F)F. The highest BCUT2D eigenvalue weighted by Gasteiger charge is 2.50. The molecule has 0 aliphatic heterocycles. The Balaban J connectivity index is 0.000000500. The highest BCUT2D eigenvalue weighted by Crippen LogP contribution is 2.49. The number of rotatable bonds is 15. The number of carbonyl (C=O) groups excluding carboxylic acids is 4. The number of methoxy groups -OCH3 is 2. The number of likely N-dealkylation sites (N-methyl/N-ethyl adjacent to an activating group) is 2. The van der Waals surface area contributed by atoms with Gasteiger partial charge in [-0.2, -0.15) is 13.2 Å². The highest BCUT2D eigenvalue weighted by molar-refractivity contribution is 5.84. The van der Waals surface area contributed by atoms with Crippen LogP contribution in [0.15, 0.2) is 48.5 Å². The Bertz CT molecular complexity index is 1700. The third-order valence-electron chi connectivity index (χ3n) is 9.79. The molecular formula is C42H62F3N3O12. The standard InChI is InChI=1S/C20H29NO5.C18H26N2O5.C2HF3O2.C2H6/c1-6-20(11-12-20)18(22)25-15(3)26-19(23)21(4)14(2)13-16-9-7-8-10-17(16)24-5;1-12(11-14-7-5-6-8-15(14)23-4)20(3)17(22)25-13(2)24-16(21)18(19)9-10-18;3-2(4,5)1(6)7;1-2/h7-10,14-15H,6,11-13H2,1-5H3;5-8,12-13H,9-11,19H2,1-4H3;(H,6,7);1-2H3. The molecule has 2 aliphatic rings. The van der Waals surface area contributed by atoms with Crippen molar-refractivity contribution in [3.05, 3.63) is 59.7 Å². The van der Waals surface area contributed by atoms with Gasteiger partial charge in [-0.1, -0.05) is 57.2 Å². The number of carbonyl (C=O) groups is 5. The van der Waals surface area contributed by atoms with Crippen LogP contribution in [-0.4, -0.2) is 110 Å². The number of esters is 2. The summed E-state index contributed by atoms with van der Waals surface area (Å²) >= 11 is 0. The Morgan fingerprint density at radius 2 is 1.05 bits per heavy atom. The number of carboxylic acid groups (broad SMARTS) is 1. The van der Waals surface area contributed by atoms with Crippen LogP contribution >= 0.6 is 0 Å².